The van der Waals surface area contributed by atoms with Crippen LogP contribution in [0.2, 0.25) is 0 Å². The number of H-pyrrole nitrogens is 1. The Morgan fingerprint density at radius 3 is 2.70 bits per heavy atom. The zero-order valence-corrected chi connectivity index (χ0v) is 11.0. The molecule has 1 N–H and O–H groups in total. The van der Waals surface area contributed by atoms with Gasteiger partial charge in [0.25, 0.3) is 0 Å². The van der Waals surface area contributed by atoms with Gasteiger partial charge in [0.05, 0.1) is 12.5 Å². The van der Waals surface area contributed by atoms with Gasteiger partial charge in [-0.15, -0.1) is 0 Å². The van der Waals surface area contributed by atoms with Crippen molar-refractivity contribution in [1.82, 2.24) is 4.98 Å². The quantitative estimate of drug-likeness (QED) is 0.777. The van der Waals surface area contributed by atoms with Crippen molar-refractivity contribution in [3.8, 4) is 11.8 Å². The van der Waals surface area contributed by atoms with Gasteiger partial charge in [0, 0.05) is 16.6 Å². The van der Waals surface area contributed by atoms with Gasteiger partial charge in [-0.05, 0) is 23.8 Å². The van der Waals surface area contributed by atoms with Crippen LogP contribution in [0.25, 0.3) is 10.9 Å². The number of hydrogen-bond donors (Lipinski definition) is 1. The number of hydrogen-bond acceptors (Lipinski definition) is 2. The Morgan fingerprint density at radius 2 is 1.90 bits per heavy atom. The van der Waals surface area contributed by atoms with Gasteiger partial charge in [0.1, 0.15) is 12.4 Å². The predicted molar refractivity (Wildman–Crippen MR) is 78.4 cm³/mol. The lowest BCUT2D eigenvalue weighted by molar-refractivity contribution is 0.310. The van der Waals surface area contributed by atoms with Crippen LogP contribution in [0.5, 0.6) is 5.75 Å². The largest absolute Gasteiger partial charge is 0.488 e. The number of aromatic amines is 1. The smallest absolute Gasteiger partial charge is 0.129 e. The van der Waals surface area contributed by atoms with E-state index in [9.17, 15) is 0 Å². The van der Waals surface area contributed by atoms with Crippen molar-refractivity contribution in [3.63, 3.8) is 0 Å². The first-order chi connectivity index (χ1) is 9.86. The van der Waals surface area contributed by atoms with E-state index in [1.165, 1.54) is 0 Å². The minimum absolute atomic E-state index is 0.382. The maximum absolute atomic E-state index is 8.76. The molecule has 0 saturated carbocycles. The molecule has 0 fully saturated rings. The van der Waals surface area contributed by atoms with Gasteiger partial charge in [-0.25, -0.2) is 0 Å². The third kappa shape index (κ3) is 2.50. The van der Waals surface area contributed by atoms with Crippen LogP contribution >= 0.6 is 0 Å². The van der Waals surface area contributed by atoms with E-state index in [0.29, 0.717) is 13.0 Å². The van der Waals surface area contributed by atoms with Gasteiger partial charge in [0.15, 0.2) is 0 Å². The van der Waals surface area contributed by atoms with E-state index < -0.39 is 0 Å². The fraction of sp³-hybridized carbons (Fsp3) is 0.118. The molecule has 3 heteroatoms. The van der Waals surface area contributed by atoms with Crippen molar-refractivity contribution >= 4 is 10.9 Å². The van der Waals surface area contributed by atoms with Crippen molar-refractivity contribution in [1.29, 1.82) is 5.26 Å². The number of nitriles is 1. The molecule has 1 heterocycles. The van der Waals surface area contributed by atoms with Crippen molar-refractivity contribution in [2.45, 2.75) is 13.0 Å². The van der Waals surface area contributed by atoms with E-state index in [-0.39, 0.29) is 0 Å². The highest BCUT2D eigenvalue weighted by atomic mass is 16.5. The summed E-state index contributed by atoms with van der Waals surface area (Å²) in [7, 11) is 0. The van der Waals surface area contributed by atoms with E-state index >= 15 is 0 Å². The van der Waals surface area contributed by atoms with E-state index in [2.05, 4.69) is 11.1 Å². The van der Waals surface area contributed by atoms with Gasteiger partial charge in [-0.1, -0.05) is 36.4 Å². The number of fused-ring (bicyclic) bond motifs is 1. The minimum Gasteiger partial charge on any atom is -0.488 e. The molecule has 0 unspecified atom stereocenters. The third-order valence-electron chi connectivity index (χ3n) is 3.19. The molecule has 20 heavy (non-hydrogen) atoms. The van der Waals surface area contributed by atoms with E-state index in [4.69, 9.17) is 10.00 Å². The van der Waals surface area contributed by atoms with Gasteiger partial charge in [-0.2, -0.15) is 5.26 Å². The van der Waals surface area contributed by atoms with Crippen molar-refractivity contribution in [2.24, 2.45) is 0 Å². The second kappa shape index (κ2) is 5.50. The van der Waals surface area contributed by atoms with Crippen LogP contribution in [0, 0.1) is 11.3 Å². The first kappa shape index (κ1) is 12.3. The van der Waals surface area contributed by atoms with E-state index in [0.717, 1.165) is 27.9 Å². The number of aromatic nitrogens is 1. The molecule has 0 amide bonds. The van der Waals surface area contributed by atoms with Gasteiger partial charge in [0.2, 0.25) is 0 Å². The van der Waals surface area contributed by atoms with Crippen LogP contribution in [0.1, 0.15) is 11.3 Å². The molecule has 3 aromatic rings. The summed E-state index contributed by atoms with van der Waals surface area (Å²) in [5, 5.41) is 9.79. The van der Waals surface area contributed by atoms with Crippen LogP contribution in [-0.4, -0.2) is 4.98 Å². The summed E-state index contributed by atoms with van der Waals surface area (Å²) in [6.45, 7) is 0.540. The van der Waals surface area contributed by atoms with Crippen LogP contribution in [0.4, 0.5) is 0 Å². The maximum atomic E-state index is 8.76. The Labute approximate surface area is 117 Å². The average Bonchev–Trinajstić information content (AvgIpc) is 2.89. The first-order valence-corrected chi connectivity index (χ1v) is 6.51. The molecule has 98 valence electrons. The lowest BCUT2D eigenvalue weighted by Crippen LogP contribution is -1.94. The molecular formula is C17H14N2O. The fourth-order valence-corrected chi connectivity index (χ4v) is 2.23. The van der Waals surface area contributed by atoms with Crippen molar-refractivity contribution in [3.05, 3.63) is 65.9 Å². The molecule has 1 aromatic heterocycles. The Bertz CT molecular complexity index is 754. The van der Waals surface area contributed by atoms with Crippen LogP contribution in [0.15, 0.2) is 54.6 Å². The standard InChI is InChI=1S/C17H14N2O/c18-10-9-14-11-15-16(19-14)7-4-8-17(15)20-12-13-5-2-1-3-6-13/h1-8,11,19H,9,12H2. The summed E-state index contributed by atoms with van der Waals surface area (Å²) in [6.07, 6.45) is 0.382. The molecule has 0 aliphatic heterocycles. The Kier molecular flexibility index (Phi) is 3.38. The van der Waals surface area contributed by atoms with Gasteiger partial charge in [-0.3, -0.25) is 0 Å². The lowest BCUT2D eigenvalue weighted by atomic mass is 10.2. The highest BCUT2D eigenvalue weighted by Gasteiger charge is 2.06. The average molecular weight is 262 g/mol. The monoisotopic (exact) mass is 262 g/mol. The molecular weight excluding hydrogens is 248 g/mol. The van der Waals surface area contributed by atoms with Crippen molar-refractivity contribution in [2.75, 3.05) is 0 Å². The molecule has 0 spiro atoms. The molecule has 3 nitrogen and oxygen atoms in total. The second-order valence-electron chi connectivity index (χ2n) is 4.62. The summed E-state index contributed by atoms with van der Waals surface area (Å²) in [6, 6.07) is 20.1. The summed E-state index contributed by atoms with van der Waals surface area (Å²) >= 11 is 0. The highest BCUT2D eigenvalue weighted by molar-refractivity contribution is 5.86. The third-order valence-corrected chi connectivity index (χ3v) is 3.19. The summed E-state index contributed by atoms with van der Waals surface area (Å²) < 4.78 is 5.89. The summed E-state index contributed by atoms with van der Waals surface area (Å²) in [5.41, 5.74) is 3.05. The zero-order valence-electron chi connectivity index (χ0n) is 11.0. The van der Waals surface area contributed by atoms with Crippen LogP contribution in [0.3, 0.4) is 0 Å². The number of benzene rings is 2. The van der Waals surface area contributed by atoms with Gasteiger partial charge >= 0.3 is 0 Å². The SMILES string of the molecule is N#CCc1cc2c(OCc3ccccc3)cccc2[nH]1. The first-order valence-electron chi connectivity index (χ1n) is 6.51. The van der Waals surface area contributed by atoms with E-state index in [1.54, 1.807) is 0 Å². The molecule has 0 aliphatic rings. The van der Waals surface area contributed by atoms with Crippen LogP contribution in [-0.2, 0) is 13.0 Å². The Morgan fingerprint density at radius 1 is 1.05 bits per heavy atom. The molecule has 0 bridgehead atoms. The maximum Gasteiger partial charge on any atom is 0.129 e. The normalized spacial score (nSPS) is 10.3. The molecule has 0 aliphatic carbocycles. The molecule has 2 aromatic carbocycles. The predicted octanol–water partition coefficient (Wildman–Crippen LogP) is 3.81. The summed E-state index contributed by atoms with van der Waals surface area (Å²) in [5.74, 6) is 0.840. The number of rotatable bonds is 4. The molecule has 3 rings (SSSR count). The summed E-state index contributed by atoms with van der Waals surface area (Å²) in [4.78, 5) is 3.23. The van der Waals surface area contributed by atoms with Crippen LogP contribution < -0.4 is 4.74 Å². The number of ether oxygens (including phenoxy) is 1. The number of nitrogens with zero attached hydrogens (tertiary/aromatic N) is 1. The lowest BCUT2D eigenvalue weighted by Gasteiger charge is -2.07. The molecule has 0 saturated heterocycles. The van der Waals surface area contributed by atoms with Crippen molar-refractivity contribution < 1.29 is 4.74 Å². The number of nitrogens with one attached hydrogen (secondary N) is 1. The Balaban J connectivity index is 1.86. The zero-order chi connectivity index (χ0) is 13.8. The molecule has 0 atom stereocenters. The molecule has 0 radical (unpaired) electrons. The minimum atomic E-state index is 0.382. The van der Waals surface area contributed by atoms with E-state index in [1.807, 2.05) is 54.6 Å². The Hall–Kier alpha value is -2.73. The second-order valence-corrected chi connectivity index (χ2v) is 4.62. The fourth-order valence-electron chi connectivity index (χ4n) is 2.23. The highest BCUT2D eigenvalue weighted by Crippen LogP contribution is 2.27. The van der Waals surface area contributed by atoms with Gasteiger partial charge < -0.3 is 9.72 Å². The topological polar surface area (TPSA) is 48.8 Å².